The molecule has 126 valence electrons. The molecule has 0 spiro atoms. The molecule has 24 heavy (non-hydrogen) atoms. The first-order valence-corrected chi connectivity index (χ1v) is 7.73. The largest absolute Gasteiger partial charge is 0.497 e. The van der Waals surface area contributed by atoms with Gasteiger partial charge in [0.2, 0.25) is 5.91 Å². The highest BCUT2D eigenvalue weighted by Gasteiger charge is 2.31. The Labute approximate surface area is 145 Å². The lowest BCUT2D eigenvalue weighted by molar-refractivity contribution is -0.142. The molecule has 0 aromatic heterocycles. The van der Waals surface area contributed by atoms with Crippen molar-refractivity contribution in [3.05, 3.63) is 59.1 Å². The van der Waals surface area contributed by atoms with E-state index in [2.05, 4.69) is 5.32 Å². The summed E-state index contributed by atoms with van der Waals surface area (Å²) in [5, 5.41) is 12.8. The second kappa shape index (κ2) is 7.84. The minimum absolute atomic E-state index is 0.373. The molecule has 0 saturated carbocycles. The Morgan fingerprint density at radius 2 is 1.67 bits per heavy atom. The van der Waals surface area contributed by atoms with Crippen LogP contribution in [0, 0.1) is 5.92 Å². The molecular weight excluding hydrogens is 330 g/mol. The molecule has 0 bridgehead atoms. The fourth-order valence-corrected chi connectivity index (χ4v) is 2.52. The van der Waals surface area contributed by atoms with Gasteiger partial charge in [-0.25, -0.2) is 0 Å². The van der Waals surface area contributed by atoms with Crippen molar-refractivity contribution in [3.63, 3.8) is 0 Å². The molecule has 0 saturated heterocycles. The second-order valence-corrected chi connectivity index (χ2v) is 5.81. The predicted octanol–water partition coefficient (Wildman–Crippen LogP) is 3.79. The molecule has 1 amide bonds. The van der Waals surface area contributed by atoms with E-state index in [0.29, 0.717) is 22.0 Å². The number of carbonyl (C=O) groups excluding carboxylic acids is 1. The Morgan fingerprint density at radius 1 is 1.08 bits per heavy atom. The fraction of sp³-hybridized carbons (Fsp3) is 0.222. The van der Waals surface area contributed by atoms with Crippen molar-refractivity contribution in [1.82, 2.24) is 0 Å². The van der Waals surface area contributed by atoms with Crippen LogP contribution < -0.4 is 10.1 Å². The Balaban J connectivity index is 2.16. The van der Waals surface area contributed by atoms with Gasteiger partial charge >= 0.3 is 5.97 Å². The number of hydrogen-bond donors (Lipinski definition) is 2. The van der Waals surface area contributed by atoms with Gasteiger partial charge < -0.3 is 15.2 Å². The first kappa shape index (κ1) is 17.8. The van der Waals surface area contributed by atoms with Crippen molar-refractivity contribution >= 4 is 29.2 Å². The smallest absolute Gasteiger partial charge is 0.311 e. The third kappa shape index (κ3) is 4.26. The molecule has 0 aliphatic rings. The van der Waals surface area contributed by atoms with Crippen LogP contribution in [0.3, 0.4) is 0 Å². The molecule has 2 atom stereocenters. The summed E-state index contributed by atoms with van der Waals surface area (Å²) in [7, 11) is 1.55. The molecular formula is C18H18ClNO4. The van der Waals surface area contributed by atoms with Crippen LogP contribution in [0.5, 0.6) is 5.75 Å². The molecule has 2 aromatic carbocycles. The highest BCUT2D eigenvalue weighted by Crippen LogP contribution is 2.27. The lowest BCUT2D eigenvalue weighted by atomic mass is 9.86. The molecule has 0 aliphatic carbocycles. The third-order valence-electron chi connectivity index (χ3n) is 3.77. The van der Waals surface area contributed by atoms with Gasteiger partial charge in [-0.3, -0.25) is 9.59 Å². The van der Waals surface area contributed by atoms with Crippen molar-refractivity contribution in [2.24, 2.45) is 5.92 Å². The molecule has 2 aromatic rings. The number of carboxylic acid groups (broad SMARTS) is 1. The maximum absolute atomic E-state index is 12.4. The number of carboxylic acids is 1. The van der Waals surface area contributed by atoms with E-state index in [4.69, 9.17) is 16.3 Å². The Morgan fingerprint density at radius 3 is 2.17 bits per heavy atom. The molecule has 0 heterocycles. The topological polar surface area (TPSA) is 75.6 Å². The van der Waals surface area contributed by atoms with E-state index in [1.54, 1.807) is 62.6 Å². The van der Waals surface area contributed by atoms with Gasteiger partial charge in [0.05, 0.1) is 18.9 Å². The Hall–Kier alpha value is -2.53. The minimum atomic E-state index is -1.06. The predicted molar refractivity (Wildman–Crippen MR) is 92.6 cm³/mol. The van der Waals surface area contributed by atoms with Crippen LogP contribution in [0.15, 0.2) is 48.5 Å². The number of halogens is 1. The van der Waals surface area contributed by atoms with Crippen LogP contribution in [0.1, 0.15) is 18.4 Å². The van der Waals surface area contributed by atoms with Gasteiger partial charge in [-0.1, -0.05) is 30.7 Å². The first-order valence-electron chi connectivity index (χ1n) is 7.35. The van der Waals surface area contributed by atoms with Gasteiger partial charge in [-0.05, 0) is 42.0 Å². The zero-order valence-corrected chi connectivity index (χ0v) is 14.1. The Kier molecular flexibility index (Phi) is 5.82. The van der Waals surface area contributed by atoms with Gasteiger partial charge in [-0.2, -0.15) is 0 Å². The number of carbonyl (C=O) groups is 2. The number of benzene rings is 2. The van der Waals surface area contributed by atoms with Gasteiger partial charge in [0.25, 0.3) is 0 Å². The average molecular weight is 348 g/mol. The average Bonchev–Trinajstić information content (AvgIpc) is 2.57. The Bertz CT molecular complexity index is 713. The molecule has 0 radical (unpaired) electrons. The van der Waals surface area contributed by atoms with E-state index in [1.165, 1.54) is 0 Å². The van der Waals surface area contributed by atoms with Crippen LogP contribution in [-0.4, -0.2) is 24.1 Å². The van der Waals surface area contributed by atoms with E-state index in [-0.39, 0.29) is 5.91 Å². The van der Waals surface area contributed by atoms with Crippen molar-refractivity contribution < 1.29 is 19.4 Å². The van der Waals surface area contributed by atoms with Crippen molar-refractivity contribution in [3.8, 4) is 5.75 Å². The number of aliphatic carboxylic acids is 1. The quantitative estimate of drug-likeness (QED) is 0.833. The third-order valence-corrected chi connectivity index (χ3v) is 4.02. The molecule has 0 aliphatic heterocycles. The molecule has 6 heteroatoms. The van der Waals surface area contributed by atoms with E-state index in [1.807, 2.05) is 0 Å². The molecule has 0 fully saturated rings. The SMILES string of the molecule is COc1ccc(NC(=O)C(C)C(C(=O)O)c2ccc(Cl)cc2)cc1. The summed E-state index contributed by atoms with van der Waals surface area (Å²) in [6, 6.07) is 13.3. The van der Waals surface area contributed by atoms with E-state index >= 15 is 0 Å². The maximum Gasteiger partial charge on any atom is 0.311 e. The number of methoxy groups -OCH3 is 1. The van der Waals surface area contributed by atoms with Gasteiger partial charge in [-0.15, -0.1) is 0 Å². The number of nitrogens with one attached hydrogen (secondary N) is 1. The minimum Gasteiger partial charge on any atom is -0.497 e. The summed E-state index contributed by atoms with van der Waals surface area (Å²) in [6.45, 7) is 1.59. The molecule has 2 N–H and O–H groups in total. The van der Waals surface area contributed by atoms with Crippen molar-refractivity contribution in [1.29, 1.82) is 0 Å². The van der Waals surface area contributed by atoms with Crippen LogP contribution in [-0.2, 0) is 9.59 Å². The number of ether oxygens (including phenoxy) is 1. The monoisotopic (exact) mass is 347 g/mol. The second-order valence-electron chi connectivity index (χ2n) is 5.37. The molecule has 5 nitrogen and oxygen atoms in total. The van der Waals surface area contributed by atoms with Crippen LogP contribution in [0.2, 0.25) is 5.02 Å². The zero-order valence-electron chi connectivity index (χ0n) is 13.3. The van der Waals surface area contributed by atoms with Gasteiger partial charge in [0, 0.05) is 10.7 Å². The number of anilines is 1. The summed E-state index contributed by atoms with van der Waals surface area (Å²) >= 11 is 5.83. The van der Waals surface area contributed by atoms with Gasteiger partial charge in [0.15, 0.2) is 0 Å². The highest BCUT2D eigenvalue weighted by molar-refractivity contribution is 6.30. The zero-order chi connectivity index (χ0) is 17.7. The maximum atomic E-state index is 12.4. The first-order chi connectivity index (χ1) is 11.4. The summed E-state index contributed by atoms with van der Waals surface area (Å²) in [6.07, 6.45) is 0. The van der Waals surface area contributed by atoms with E-state index < -0.39 is 17.8 Å². The summed E-state index contributed by atoms with van der Waals surface area (Å²) in [5.74, 6) is -2.48. The van der Waals surface area contributed by atoms with Crippen LogP contribution in [0.25, 0.3) is 0 Å². The summed E-state index contributed by atoms with van der Waals surface area (Å²) in [5.41, 5.74) is 1.11. The summed E-state index contributed by atoms with van der Waals surface area (Å²) in [4.78, 5) is 24.1. The normalized spacial score (nSPS) is 13.0. The number of hydrogen-bond acceptors (Lipinski definition) is 3. The lowest BCUT2D eigenvalue weighted by Gasteiger charge is -2.20. The lowest BCUT2D eigenvalue weighted by Crippen LogP contribution is -2.30. The standard InChI is InChI=1S/C18H18ClNO4/c1-11(16(18(22)23)12-3-5-13(19)6-4-12)17(21)20-14-7-9-15(24-2)10-8-14/h3-11,16H,1-2H3,(H,20,21)(H,22,23). The van der Waals surface area contributed by atoms with E-state index in [9.17, 15) is 14.7 Å². The molecule has 2 rings (SSSR count). The number of amides is 1. The van der Waals surface area contributed by atoms with Crippen LogP contribution >= 0.6 is 11.6 Å². The fourth-order valence-electron chi connectivity index (χ4n) is 2.40. The van der Waals surface area contributed by atoms with Gasteiger partial charge in [0.1, 0.15) is 5.75 Å². The molecule has 2 unspecified atom stereocenters. The number of rotatable bonds is 6. The van der Waals surface area contributed by atoms with E-state index in [0.717, 1.165) is 0 Å². The summed E-state index contributed by atoms with van der Waals surface area (Å²) < 4.78 is 5.06. The van der Waals surface area contributed by atoms with Crippen molar-refractivity contribution in [2.45, 2.75) is 12.8 Å². The van der Waals surface area contributed by atoms with Crippen LogP contribution in [0.4, 0.5) is 5.69 Å². The van der Waals surface area contributed by atoms with Crippen molar-refractivity contribution in [2.75, 3.05) is 12.4 Å². The highest BCUT2D eigenvalue weighted by atomic mass is 35.5.